The quantitative estimate of drug-likeness (QED) is 0.885. The van der Waals surface area contributed by atoms with E-state index in [1.54, 1.807) is 0 Å². The van der Waals surface area contributed by atoms with Crippen LogP contribution in [-0.2, 0) is 0 Å². The topological polar surface area (TPSA) is 49.9 Å². The van der Waals surface area contributed by atoms with E-state index in [-0.39, 0.29) is 6.10 Å². The molecule has 1 saturated heterocycles. The Morgan fingerprint density at radius 2 is 1.95 bits per heavy atom. The summed E-state index contributed by atoms with van der Waals surface area (Å²) in [4.78, 5) is 7.86. The van der Waals surface area contributed by atoms with Crippen LogP contribution >= 0.6 is 0 Å². The molecule has 1 aliphatic heterocycles. The summed E-state index contributed by atoms with van der Waals surface area (Å²) in [6.45, 7) is 6.10. The molecule has 0 amide bonds. The van der Waals surface area contributed by atoms with E-state index in [1.807, 2.05) is 32.2 Å². The summed E-state index contributed by atoms with van der Waals surface area (Å²) in [5.41, 5.74) is 2.21. The molecule has 0 bridgehead atoms. The minimum atomic E-state index is 0.204. The Labute approximate surface area is 113 Å². The molecule has 4 nitrogen and oxygen atoms in total. The number of imidazole rings is 1. The predicted molar refractivity (Wildman–Crippen MR) is 75.4 cm³/mol. The molecular weight excluding hydrogens is 238 g/mol. The molecular formula is C15H19N3O. The zero-order valence-electron chi connectivity index (χ0n) is 11.3. The summed E-state index contributed by atoms with van der Waals surface area (Å²) in [5, 5.41) is 3.26. The average molecular weight is 257 g/mol. The van der Waals surface area contributed by atoms with Crippen LogP contribution in [0.15, 0.2) is 30.5 Å². The summed E-state index contributed by atoms with van der Waals surface area (Å²) in [6.07, 6.45) is 2.11. The first kappa shape index (κ1) is 12.2. The molecule has 1 aromatic carbocycles. The second-order valence-electron chi connectivity index (χ2n) is 5.23. The first-order valence-corrected chi connectivity index (χ1v) is 6.75. The summed E-state index contributed by atoms with van der Waals surface area (Å²) in [5.74, 6) is 2.52. The molecule has 2 heterocycles. The van der Waals surface area contributed by atoms with Crippen LogP contribution in [0.5, 0.6) is 5.75 Å². The van der Waals surface area contributed by atoms with E-state index in [2.05, 4.69) is 27.4 Å². The van der Waals surface area contributed by atoms with E-state index in [0.29, 0.717) is 5.92 Å². The van der Waals surface area contributed by atoms with Crippen LogP contribution in [0.25, 0.3) is 11.3 Å². The third-order valence-electron chi connectivity index (χ3n) is 3.30. The molecule has 19 heavy (non-hydrogen) atoms. The Bertz CT molecular complexity index is 541. The molecule has 1 aliphatic rings. The number of nitrogens with one attached hydrogen (secondary N) is 2. The van der Waals surface area contributed by atoms with Gasteiger partial charge in [0.25, 0.3) is 0 Å². The van der Waals surface area contributed by atoms with Crippen molar-refractivity contribution in [2.45, 2.75) is 25.9 Å². The van der Waals surface area contributed by atoms with Gasteiger partial charge in [-0.25, -0.2) is 4.98 Å². The number of rotatable bonds is 4. The van der Waals surface area contributed by atoms with Crippen molar-refractivity contribution in [3.8, 4) is 17.0 Å². The summed E-state index contributed by atoms with van der Waals surface area (Å²) < 4.78 is 5.64. The first-order valence-electron chi connectivity index (χ1n) is 6.75. The van der Waals surface area contributed by atoms with Gasteiger partial charge in [-0.05, 0) is 43.7 Å². The van der Waals surface area contributed by atoms with E-state index in [1.165, 1.54) is 0 Å². The third-order valence-corrected chi connectivity index (χ3v) is 3.30. The fraction of sp³-hybridized carbons (Fsp3) is 0.400. The largest absolute Gasteiger partial charge is 0.491 e. The van der Waals surface area contributed by atoms with Gasteiger partial charge >= 0.3 is 0 Å². The van der Waals surface area contributed by atoms with Gasteiger partial charge in [0.15, 0.2) is 0 Å². The molecule has 0 spiro atoms. The number of aromatic amines is 1. The zero-order valence-corrected chi connectivity index (χ0v) is 11.3. The second-order valence-corrected chi connectivity index (χ2v) is 5.23. The molecule has 0 atom stereocenters. The molecule has 1 fully saturated rings. The highest BCUT2D eigenvalue weighted by Crippen LogP contribution is 2.24. The lowest BCUT2D eigenvalue weighted by atomic mass is 10.0. The van der Waals surface area contributed by atoms with Gasteiger partial charge in [0.1, 0.15) is 11.6 Å². The molecule has 0 unspecified atom stereocenters. The third kappa shape index (κ3) is 2.63. The number of ether oxygens (including phenoxy) is 1. The number of aromatic nitrogens is 2. The first-order chi connectivity index (χ1) is 9.22. The van der Waals surface area contributed by atoms with Crippen molar-refractivity contribution in [2.24, 2.45) is 0 Å². The fourth-order valence-electron chi connectivity index (χ4n) is 2.16. The van der Waals surface area contributed by atoms with Crippen LogP contribution in [0.2, 0.25) is 0 Å². The molecule has 100 valence electrons. The molecule has 2 aromatic rings. The van der Waals surface area contributed by atoms with Crippen LogP contribution < -0.4 is 10.1 Å². The summed E-state index contributed by atoms with van der Waals surface area (Å²) >= 11 is 0. The molecule has 4 heteroatoms. The lowest BCUT2D eigenvalue weighted by Crippen LogP contribution is -2.40. The van der Waals surface area contributed by atoms with E-state index < -0.39 is 0 Å². The van der Waals surface area contributed by atoms with Crippen LogP contribution in [0, 0.1) is 0 Å². The minimum Gasteiger partial charge on any atom is -0.491 e. The van der Waals surface area contributed by atoms with Gasteiger partial charge in [0.2, 0.25) is 0 Å². The van der Waals surface area contributed by atoms with Gasteiger partial charge in [-0.2, -0.15) is 0 Å². The van der Waals surface area contributed by atoms with Gasteiger partial charge < -0.3 is 15.0 Å². The molecule has 3 rings (SSSR count). The number of benzene rings is 1. The molecule has 0 radical (unpaired) electrons. The Morgan fingerprint density at radius 3 is 2.53 bits per heavy atom. The highest BCUT2D eigenvalue weighted by molar-refractivity contribution is 5.59. The highest BCUT2D eigenvalue weighted by Gasteiger charge is 2.21. The monoisotopic (exact) mass is 257 g/mol. The summed E-state index contributed by atoms with van der Waals surface area (Å²) in [6, 6.07) is 8.13. The zero-order chi connectivity index (χ0) is 13.2. The van der Waals surface area contributed by atoms with Crippen LogP contribution in [0.4, 0.5) is 0 Å². The van der Waals surface area contributed by atoms with Crippen molar-refractivity contribution in [2.75, 3.05) is 13.1 Å². The smallest absolute Gasteiger partial charge is 0.119 e. The van der Waals surface area contributed by atoms with Crippen molar-refractivity contribution in [3.05, 3.63) is 36.3 Å². The summed E-state index contributed by atoms with van der Waals surface area (Å²) in [7, 11) is 0. The average Bonchev–Trinajstić information content (AvgIpc) is 2.76. The Morgan fingerprint density at radius 1 is 1.21 bits per heavy atom. The molecule has 0 aliphatic carbocycles. The van der Waals surface area contributed by atoms with E-state index in [9.17, 15) is 0 Å². The lowest BCUT2D eigenvalue weighted by Gasteiger charge is -2.24. The lowest BCUT2D eigenvalue weighted by molar-refractivity contribution is 0.242. The molecule has 1 aromatic heterocycles. The van der Waals surface area contributed by atoms with Crippen molar-refractivity contribution >= 4 is 0 Å². The van der Waals surface area contributed by atoms with Crippen molar-refractivity contribution in [1.82, 2.24) is 15.3 Å². The standard InChI is InChI=1S/C15H19N3O/c1-10(2)19-13-5-3-11(4-6-13)14-9-17-15(18-14)12-7-16-8-12/h3-6,9-10,12,16H,7-8H2,1-2H3,(H,17,18). The SMILES string of the molecule is CC(C)Oc1ccc(-c2cnc(C3CNC3)[nH]2)cc1. The van der Waals surface area contributed by atoms with Crippen molar-refractivity contribution in [1.29, 1.82) is 0 Å². The van der Waals surface area contributed by atoms with Gasteiger partial charge in [-0.15, -0.1) is 0 Å². The molecule has 2 N–H and O–H groups in total. The predicted octanol–water partition coefficient (Wildman–Crippen LogP) is 2.55. The second kappa shape index (κ2) is 5.05. The van der Waals surface area contributed by atoms with E-state index in [4.69, 9.17) is 4.74 Å². The van der Waals surface area contributed by atoms with E-state index in [0.717, 1.165) is 35.9 Å². The highest BCUT2D eigenvalue weighted by atomic mass is 16.5. The maximum atomic E-state index is 5.64. The van der Waals surface area contributed by atoms with Crippen molar-refractivity contribution in [3.63, 3.8) is 0 Å². The molecule has 0 saturated carbocycles. The Kier molecular flexibility index (Phi) is 3.25. The van der Waals surface area contributed by atoms with Crippen LogP contribution in [-0.4, -0.2) is 29.2 Å². The van der Waals surface area contributed by atoms with Gasteiger partial charge in [-0.1, -0.05) is 0 Å². The number of H-pyrrole nitrogens is 1. The van der Waals surface area contributed by atoms with Crippen LogP contribution in [0.1, 0.15) is 25.6 Å². The van der Waals surface area contributed by atoms with E-state index >= 15 is 0 Å². The van der Waals surface area contributed by atoms with Gasteiger partial charge in [0, 0.05) is 19.0 Å². The fourth-order valence-corrected chi connectivity index (χ4v) is 2.16. The number of hydrogen-bond donors (Lipinski definition) is 2. The number of nitrogens with zero attached hydrogens (tertiary/aromatic N) is 1. The maximum Gasteiger partial charge on any atom is 0.119 e. The van der Waals surface area contributed by atoms with Gasteiger partial charge in [0.05, 0.1) is 18.0 Å². The van der Waals surface area contributed by atoms with Gasteiger partial charge in [-0.3, -0.25) is 0 Å². The maximum absolute atomic E-state index is 5.64. The minimum absolute atomic E-state index is 0.204. The number of hydrogen-bond acceptors (Lipinski definition) is 3. The Hall–Kier alpha value is -1.81. The van der Waals surface area contributed by atoms with Crippen molar-refractivity contribution < 1.29 is 4.74 Å². The van der Waals surface area contributed by atoms with Crippen LogP contribution in [0.3, 0.4) is 0 Å². The normalized spacial score (nSPS) is 15.5. The Balaban J connectivity index is 1.75.